The van der Waals surface area contributed by atoms with E-state index in [1.165, 1.54) is 0 Å². The summed E-state index contributed by atoms with van der Waals surface area (Å²) in [5.74, 6) is 0. The second kappa shape index (κ2) is 4.65. The number of rotatable bonds is 2. The van der Waals surface area contributed by atoms with E-state index in [-0.39, 0.29) is 5.56 Å². The van der Waals surface area contributed by atoms with Gasteiger partial charge in [-0.15, -0.1) is 0 Å². The van der Waals surface area contributed by atoms with E-state index in [2.05, 4.69) is 34.1 Å². The van der Waals surface area contributed by atoms with Crippen molar-refractivity contribution in [2.75, 3.05) is 32.1 Å². The first-order chi connectivity index (χ1) is 7.66. The van der Waals surface area contributed by atoms with Crippen LogP contribution in [0.2, 0.25) is 0 Å². The summed E-state index contributed by atoms with van der Waals surface area (Å²) in [6.07, 6.45) is 4.00. The van der Waals surface area contributed by atoms with Crippen LogP contribution in [0.1, 0.15) is 12.8 Å². The maximum atomic E-state index is 11.2. The van der Waals surface area contributed by atoms with Crippen LogP contribution in [0, 0.1) is 0 Å². The van der Waals surface area contributed by atoms with Gasteiger partial charge in [-0.1, -0.05) is 0 Å². The molecule has 1 N–H and O–H groups in total. The first-order valence-corrected chi connectivity index (χ1v) is 5.63. The molecule has 0 atom stereocenters. The number of H-pyrrole nitrogens is 1. The van der Waals surface area contributed by atoms with Gasteiger partial charge in [0.1, 0.15) is 0 Å². The molecule has 0 spiro atoms. The molecule has 0 aromatic carbocycles. The highest BCUT2D eigenvalue weighted by Gasteiger charge is 2.20. The van der Waals surface area contributed by atoms with Crippen LogP contribution in [0.15, 0.2) is 17.1 Å². The molecule has 0 unspecified atom stereocenters. The van der Waals surface area contributed by atoms with E-state index in [1.807, 2.05) is 0 Å². The van der Waals surface area contributed by atoms with Crippen molar-refractivity contribution in [3.8, 4) is 0 Å². The number of nitrogens with one attached hydrogen (secondary N) is 1. The fourth-order valence-electron chi connectivity index (χ4n) is 2.18. The second-order valence-electron chi connectivity index (χ2n) is 4.49. The van der Waals surface area contributed by atoms with Crippen LogP contribution in [0.3, 0.4) is 0 Å². The molecule has 2 rings (SSSR count). The van der Waals surface area contributed by atoms with Gasteiger partial charge in [0.15, 0.2) is 0 Å². The van der Waals surface area contributed by atoms with Gasteiger partial charge in [0.2, 0.25) is 0 Å². The summed E-state index contributed by atoms with van der Waals surface area (Å²) in [5.41, 5.74) is 0.799. The lowest BCUT2D eigenvalue weighted by Crippen LogP contribution is -2.42. The zero-order chi connectivity index (χ0) is 11.5. The third kappa shape index (κ3) is 2.41. The molecule has 0 saturated carbocycles. The molecule has 1 aliphatic rings. The average molecular weight is 222 g/mol. The minimum Gasteiger partial charge on any atom is -0.370 e. The number of aromatic amines is 1. The molecule has 0 aliphatic carbocycles. The van der Waals surface area contributed by atoms with Gasteiger partial charge >= 0.3 is 0 Å². The normalized spacial score (nSPS) is 18.1. The Bertz CT molecular complexity index is 393. The van der Waals surface area contributed by atoms with E-state index >= 15 is 0 Å². The third-order valence-corrected chi connectivity index (χ3v) is 3.21. The van der Waals surface area contributed by atoms with Crippen molar-refractivity contribution in [3.05, 3.63) is 22.6 Å². The number of nitrogens with zero attached hydrogens (tertiary/aromatic N) is 3. The maximum absolute atomic E-state index is 11.2. The highest BCUT2D eigenvalue weighted by Crippen LogP contribution is 2.19. The largest absolute Gasteiger partial charge is 0.370 e. The van der Waals surface area contributed by atoms with Crippen molar-refractivity contribution in [1.82, 2.24) is 15.1 Å². The molecule has 0 radical (unpaired) electrons. The van der Waals surface area contributed by atoms with Crippen LogP contribution in [0.25, 0.3) is 0 Å². The molecule has 16 heavy (non-hydrogen) atoms. The van der Waals surface area contributed by atoms with E-state index in [9.17, 15) is 4.79 Å². The molecular formula is C11H18N4O. The van der Waals surface area contributed by atoms with Gasteiger partial charge in [-0.3, -0.25) is 4.79 Å². The molecule has 0 amide bonds. The van der Waals surface area contributed by atoms with Gasteiger partial charge in [-0.25, -0.2) is 5.10 Å². The monoisotopic (exact) mass is 222 g/mol. The van der Waals surface area contributed by atoms with Crippen LogP contribution in [-0.2, 0) is 0 Å². The third-order valence-electron chi connectivity index (χ3n) is 3.21. The second-order valence-corrected chi connectivity index (χ2v) is 4.49. The van der Waals surface area contributed by atoms with E-state index < -0.39 is 0 Å². The lowest BCUT2D eigenvalue weighted by atomic mass is 10.0. The van der Waals surface area contributed by atoms with Gasteiger partial charge in [-0.2, -0.15) is 5.10 Å². The first-order valence-electron chi connectivity index (χ1n) is 5.63. The number of hydrogen-bond acceptors (Lipinski definition) is 4. The Morgan fingerprint density at radius 1 is 1.44 bits per heavy atom. The van der Waals surface area contributed by atoms with Crippen LogP contribution < -0.4 is 10.5 Å². The fourth-order valence-corrected chi connectivity index (χ4v) is 2.18. The summed E-state index contributed by atoms with van der Waals surface area (Å²) in [7, 11) is 4.24. The summed E-state index contributed by atoms with van der Waals surface area (Å²) in [5, 5.41) is 6.22. The maximum Gasteiger partial charge on any atom is 0.266 e. The average Bonchev–Trinajstić information content (AvgIpc) is 2.29. The Morgan fingerprint density at radius 3 is 2.69 bits per heavy atom. The van der Waals surface area contributed by atoms with E-state index in [4.69, 9.17) is 0 Å². The lowest BCUT2D eigenvalue weighted by molar-refractivity contribution is 0.249. The van der Waals surface area contributed by atoms with Crippen LogP contribution in [0.4, 0.5) is 5.69 Å². The van der Waals surface area contributed by atoms with E-state index in [0.29, 0.717) is 6.04 Å². The van der Waals surface area contributed by atoms with Crippen LogP contribution in [0.5, 0.6) is 0 Å². The predicted molar refractivity (Wildman–Crippen MR) is 63.8 cm³/mol. The molecule has 1 aliphatic heterocycles. The Hall–Kier alpha value is -1.36. The van der Waals surface area contributed by atoms with Crippen molar-refractivity contribution in [2.24, 2.45) is 0 Å². The van der Waals surface area contributed by atoms with Gasteiger partial charge in [0.25, 0.3) is 5.56 Å². The molecule has 88 valence electrons. The Labute approximate surface area is 95.1 Å². The highest BCUT2D eigenvalue weighted by atomic mass is 16.1. The minimum absolute atomic E-state index is 0.132. The summed E-state index contributed by atoms with van der Waals surface area (Å²) in [6.45, 7) is 1.99. The Kier molecular flexibility index (Phi) is 3.24. The standard InChI is InChI=1S/C11H18N4O/c1-14(2)9-3-5-15(6-4-9)10-7-11(16)13-12-8-10/h7-9H,3-6H2,1-2H3,(H,13,16). The summed E-state index contributed by atoms with van der Waals surface area (Å²) in [6, 6.07) is 2.27. The Morgan fingerprint density at radius 2 is 2.12 bits per heavy atom. The fraction of sp³-hybridized carbons (Fsp3) is 0.636. The zero-order valence-electron chi connectivity index (χ0n) is 9.81. The summed E-state index contributed by atoms with van der Waals surface area (Å²) >= 11 is 0. The Balaban J connectivity index is 2.02. The molecule has 1 aromatic rings. The van der Waals surface area contributed by atoms with Crippen molar-refractivity contribution in [3.63, 3.8) is 0 Å². The minimum atomic E-state index is -0.132. The molecule has 5 nitrogen and oxygen atoms in total. The number of piperidine rings is 1. The van der Waals surface area contributed by atoms with E-state index in [0.717, 1.165) is 31.6 Å². The van der Waals surface area contributed by atoms with Crippen molar-refractivity contribution < 1.29 is 0 Å². The van der Waals surface area contributed by atoms with Crippen molar-refractivity contribution in [2.45, 2.75) is 18.9 Å². The number of aromatic nitrogens is 2. The first kappa shape index (κ1) is 11.1. The lowest BCUT2D eigenvalue weighted by Gasteiger charge is -2.36. The molecule has 2 heterocycles. The molecule has 5 heteroatoms. The predicted octanol–water partition coefficient (Wildman–Crippen LogP) is 0.300. The summed E-state index contributed by atoms with van der Waals surface area (Å²) in [4.78, 5) is 15.6. The van der Waals surface area contributed by atoms with E-state index in [1.54, 1.807) is 12.3 Å². The molecule has 0 bridgehead atoms. The molecular weight excluding hydrogens is 204 g/mol. The molecule has 1 aromatic heterocycles. The van der Waals surface area contributed by atoms with Gasteiger partial charge in [0, 0.05) is 25.2 Å². The van der Waals surface area contributed by atoms with Gasteiger partial charge in [-0.05, 0) is 26.9 Å². The quantitative estimate of drug-likeness (QED) is 0.782. The number of hydrogen-bond donors (Lipinski definition) is 1. The van der Waals surface area contributed by atoms with Gasteiger partial charge < -0.3 is 9.80 Å². The van der Waals surface area contributed by atoms with Crippen LogP contribution >= 0.6 is 0 Å². The molecule has 1 saturated heterocycles. The van der Waals surface area contributed by atoms with Crippen molar-refractivity contribution >= 4 is 5.69 Å². The highest BCUT2D eigenvalue weighted by molar-refractivity contribution is 5.43. The van der Waals surface area contributed by atoms with Gasteiger partial charge in [0.05, 0.1) is 11.9 Å². The smallest absolute Gasteiger partial charge is 0.266 e. The van der Waals surface area contributed by atoms with Crippen molar-refractivity contribution in [1.29, 1.82) is 0 Å². The SMILES string of the molecule is CN(C)C1CCN(c2cn[nH]c(=O)c2)CC1. The topological polar surface area (TPSA) is 52.2 Å². The molecule has 1 fully saturated rings. The number of anilines is 1. The van der Waals surface area contributed by atoms with Crippen LogP contribution in [-0.4, -0.2) is 48.3 Å². The summed E-state index contributed by atoms with van der Waals surface area (Å²) < 4.78 is 0. The zero-order valence-corrected chi connectivity index (χ0v) is 9.81.